The van der Waals surface area contributed by atoms with Crippen LogP contribution in [0.2, 0.25) is 0 Å². The predicted octanol–water partition coefficient (Wildman–Crippen LogP) is 1.40. The highest BCUT2D eigenvalue weighted by atomic mass is 19.1. The van der Waals surface area contributed by atoms with Crippen molar-refractivity contribution in [2.24, 2.45) is 5.92 Å². The fourth-order valence-electron chi connectivity index (χ4n) is 2.20. The highest BCUT2D eigenvalue weighted by Gasteiger charge is 2.33. The number of hydrogen-bond donors (Lipinski definition) is 2. The highest BCUT2D eigenvalue weighted by Crippen LogP contribution is 2.27. The maximum absolute atomic E-state index is 13.2. The van der Waals surface area contributed by atoms with E-state index in [9.17, 15) is 9.18 Å². The molecule has 0 aromatic heterocycles. The van der Waals surface area contributed by atoms with Crippen LogP contribution in [0.4, 0.5) is 10.1 Å². The molecule has 110 valence electrons. The zero-order valence-corrected chi connectivity index (χ0v) is 11.6. The number of carbonyl (C=O) groups excluding carboxylic acids is 1. The lowest BCUT2D eigenvalue weighted by Gasteiger charge is -2.18. The van der Waals surface area contributed by atoms with Crippen molar-refractivity contribution in [1.82, 2.24) is 5.32 Å². The van der Waals surface area contributed by atoms with Gasteiger partial charge in [0.1, 0.15) is 11.6 Å². The molecule has 1 aromatic carbocycles. The van der Waals surface area contributed by atoms with Gasteiger partial charge in [0.15, 0.2) is 0 Å². The molecule has 1 aromatic rings. The quantitative estimate of drug-likeness (QED) is 0.857. The molecule has 0 spiro atoms. The van der Waals surface area contributed by atoms with Gasteiger partial charge < -0.3 is 20.1 Å². The van der Waals surface area contributed by atoms with Gasteiger partial charge >= 0.3 is 0 Å². The van der Waals surface area contributed by atoms with Crippen molar-refractivity contribution in [3.63, 3.8) is 0 Å². The summed E-state index contributed by atoms with van der Waals surface area (Å²) in [6.45, 7) is 3.09. The number of likely N-dealkylation sites (N-methyl/N-ethyl adjacent to an activating group) is 1. The molecule has 1 fully saturated rings. The largest absolute Gasteiger partial charge is 0.492 e. The van der Waals surface area contributed by atoms with Gasteiger partial charge in [0.25, 0.3) is 0 Å². The van der Waals surface area contributed by atoms with E-state index in [4.69, 9.17) is 9.47 Å². The van der Waals surface area contributed by atoms with Crippen molar-refractivity contribution < 1.29 is 18.7 Å². The minimum atomic E-state index is -0.399. The Kier molecular flexibility index (Phi) is 4.92. The van der Waals surface area contributed by atoms with Crippen molar-refractivity contribution in [3.05, 3.63) is 24.0 Å². The number of rotatable bonds is 5. The van der Waals surface area contributed by atoms with Gasteiger partial charge in [-0.15, -0.1) is 0 Å². The topological polar surface area (TPSA) is 59.6 Å². The third kappa shape index (κ3) is 3.26. The van der Waals surface area contributed by atoms with E-state index in [1.807, 2.05) is 0 Å². The molecular weight excluding hydrogens is 263 g/mol. The zero-order chi connectivity index (χ0) is 14.5. The van der Waals surface area contributed by atoms with Gasteiger partial charge in [-0.1, -0.05) is 0 Å². The van der Waals surface area contributed by atoms with E-state index in [2.05, 4.69) is 10.6 Å². The number of anilines is 1. The van der Waals surface area contributed by atoms with Crippen molar-refractivity contribution in [2.45, 2.75) is 13.0 Å². The molecule has 1 aliphatic rings. The molecule has 5 nitrogen and oxygen atoms in total. The van der Waals surface area contributed by atoms with Crippen molar-refractivity contribution in [2.75, 3.05) is 32.2 Å². The first-order chi connectivity index (χ1) is 9.65. The van der Waals surface area contributed by atoms with Crippen LogP contribution in [0.5, 0.6) is 5.75 Å². The summed E-state index contributed by atoms with van der Waals surface area (Å²) >= 11 is 0. The van der Waals surface area contributed by atoms with E-state index < -0.39 is 5.82 Å². The predicted molar refractivity (Wildman–Crippen MR) is 73.4 cm³/mol. The molecule has 0 radical (unpaired) electrons. The molecule has 2 rings (SSSR count). The van der Waals surface area contributed by atoms with Gasteiger partial charge in [-0.05, 0) is 26.1 Å². The maximum Gasteiger partial charge on any atom is 0.231 e. The van der Waals surface area contributed by atoms with Crippen LogP contribution in [0.1, 0.15) is 6.92 Å². The van der Waals surface area contributed by atoms with E-state index in [1.54, 1.807) is 14.0 Å². The summed E-state index contributed by atoms with van der Waals surface area (Å²) in [4.78, 5) is 12.2. The molecule has 0 saturated carbocycles. The highest BCUT2D eigenvalue weighted by molar-refractivity contribution is 5.94. The second-order valence-electron chi connectivity index (χ2n) is 4.60. The average molecular weight is 282 g/mol. The third-order valence-electron chi connectivity index (χ3n) is 3.29. The van der Waals surface area contributed by atoms with E-state index in [-0.39, 0.29) is 17.9 Å². The summed E-state index contributed by atoms with van der Waals surface area (Å²) in [7, 11) is 1.79. The molecule has 0 bridgehead atoms. The van der Waals surface area contributed by atoms with Crippen LogP contribution < -0.4 is 15.4 Å². The lowest BCUT2D eigenvalue weighted by atomic mass is 10.0. The number of hydrogen-bond acceptors (Lipinski definition) is 4. The van der Waals surface area contributed by atoms with Crippen LogP contribution in [0.25, 0.3) is 0 Å². The number of carbonyl (C=O) groups is 1. The fraction of sp³-hybridized carbons (Fsp3) is 0.500. The Balaban J connectivity index is 2.11. The summed E-state index contributed by atoms with van der Waals surface area (Å²) in [5.74, 6) is -0.488. The van der Waals surface area contributed by atoms with Gasteiger partial charge in [-0.25, -0.2) is 4.39 Å². The minimum Gasteiger partial charge on any atom is -0.492 e. The molecule has 2 N–H and O–H groups in total. The van der Waals surface area contributed by atoms with E-state index >= 15 is 0 Å². The summed E-state index contributed by atoms with van der Waals surface area (Å²) < 4.78 is 23.8. The molecule has 20 heavy (non-hydrogen) atoms. The number of benzene rings is 1. The molecule has 1 aliphatic heterocycles. The van der Waals surface area contributed by atoms with Crippen molar-refractivity contribution in [3.8, 4) is 5.75 Å². The first-order valence-corrected chi connectivity index (χ1v) is 6.64. The van der Waals surface area contributed by atoms with Gasteiger partial charge in [-0.3, -0.25) is 4.79 Å². The lowest BCUT2D eigenvalue weighted by molar-refractivity contribution is -0.120. The standard InChI is InChI=1S/C14H19FN2O3/c1-3-20-13-6-9(15)4-5-11(13)17-14(18)10-7-19-8-12(10)16-2/h4-6,10,12,16H,3,7-8H2,1-2H3,(H,17,18). The van der Waals surface area contributed by atoms with Gasteiger partial charge in [0.2, 0.25) is 5.91 Å². The SMILES string of the molecule is CCOc1cc(F)ccc1NC(=O)C1COCC1NC. The van der Waals surface area contributed by atoms with Crippen LogP contribution in [-0.2, 0) is 9.53 Å². The Bertz CT molecular complexity index is 481. The Morgan fingerprint density at radius 3 is 3.00 bits per heavy atom. The van der Waals surface area contributed by atoms with E-state index in [1.165, 1.54) is 18.2 Å². The average Bonchev–Trinajstić information content (AvgIpc) is 2.90. The first-order valence-electron chi connectivity index (χ1n) is 6.64. The minimum absolute atomic E-state index is 0.00834. The number of ether oxygens (including phenoxy) is 2. The molecule has 1 saturated heterocycles. The van der Waals surface area contributed by atoms with Gasteiger partial charge in [-0.2, -0.15) is 0 Å². The Morgan fingerprint density at radius 2 is 2.30 bits per heavy atom. The molecule has 2 atom stereocenters. The summed E-state index contributed by atoms with van der Waals surface area (Å²) in [5, 5.41) is 5.83. The normalized spacial score (nSPS) is 21.8. The van der Waals surface area contributed by atoms with E-state index in [0.29, 0.717) is 31.3 Å². The van der Waals surface area contributed by atoms with Crippen molar-refractivity contribution >= 4 is 11.6 Å². The smallest absolute Gasteiger partial charge is 0.231 e. The summed E-state index contributed by atoms with van der Waals surface area (Å²) in [6.07, 6.45) is 0. The van der Waals surface area contributed by atoms with E-state index in [0.717, 1.165) is 0 Å². The number of amides is 1. The van der Waals surface area contributed by atoms with Gasteiger partial charge in [0.05, 0.1) is 31.4 Å². The second kappa shape index (κ2) is 6.67. The number of halogens is 1. The molecule has 0 aliphatic carbocycles. The van der Waals surface area contributed by atoms with Crippen LogP contribution in [0.15, 0.2) is 18.2 Å². The second-order valence-corrected chi connectivity index (χ2v) is 4.60. The van der Waals surface area contributed by atoms with Crippen LogP contribution >= 0.6 is 0 Å². The monoisotopic (exact) mass is 282 g/mol. The Labute approximate surface area is 117 Å². The first kappa shape index (κ1) is 14.7. The number of nitrogens with one attached hydrogen (secondary N) is 2. The van der Waals surface area contributed by atoms with Crippen LogP contribution in [0.3, 0.4) is 0 Å². The van der Waals surface area contributed by atoms with Crippen molar-refractivity contribution in [1.29, 1.82) is 0 Å². The summed E-state index contributed by atoms with van der Waals surface area (Å²) in [5.41, 5.74) is 0.472. The fourth-order valence-corrected chi connectivity index (χ4v) is 2.20. The maximum atomic E-state index is 13.2. The molecule has 1 amide bonds. The Hall–Kier alpha value is -1.66. The molecule has 2 unspecified atom stereocenters. The van der Waals surface area contributed by atoms with Gasteiger partial charge in [0, 0.05) is 12.1 Å². The van der Waals surface area contributed by atoms with Crippen LogP contribution in [-0.4, -0.2) is 38.8 Å². The van der Waals surface area contributed by atoms with Crippen LogP contribution in [0, 0.1) is 11.7 Å². The molecule has 6 heteroatoms. The zero-order valence-electron chi connectivity index (χ0n) is 11.6. The molecule has 1 heterocycles. The Morgan fingerprint density at radius 1 is 1.50 bits per heavy atom. The third-order valence-corrected chi connectivity index (χ3v) is 3.29. The lowest BCUT2D eigenvalue weighted by Crippen LogP contribution is -2.39. The molecular formula is C14H19FN2O3. The summed E-state index contributed by atoms with van der Waals surface area (Å²) in [6, 6.07) is 4.05.